The van der Waals surface area contributed by atoms with Crippen molar-refractivity contribution < 1.29 is 4.42 Å². The van der Waals surface area contributed by atoms with Gasteiger partial charge in [0, 0.05) is 32.8 Å². The van der Waals surface area contributed by atoms with Crippen LogP contribution in [0, 0.1) is 0 Å². The Morgan fingerprint density at radius 2 is 1.02 bits per heavy atom. The molecule has 12 aromatic rings. The van der Waals surface area contributed by atoms with E-state index in [4.69, 9.17) is 14.4 Å². The number of para-hydroxylation sites is 3. The second kappa shape index (κ2) is 11.5. The predicted molar refractivity (Wildman–Crippen MR) is 226 cm³/mol. The molecule has 0 unspecified atom stereocenters. The van der Waals surface area contributed by atoms with E-state index in [0.717, 1.165) is 82.7 Å². The van der Waals surface area contributed by atoms with Gasteiger partial charge in [0.15, 0.2) is 5.58 Å². The Hall–Kier alpha value is -7.50. The minimum absolute atomic E-state index is 0.594. The van der Waals surface area contributed by atoms with Gasteiger partial charge in [-0.1, -0.05) is 133 Å². The van der Waals surface area contributed by atoms with Crippen LogP contribution in [0.3, 0.4) is 0 Å². The lowest BCUT2D eigenvalue weighted by Crippen LogP contribution is -2.03. The Bertz CT molecular complexity index is 3480. The highest BCUT2D eigenvalue weighted by Gasteiger charge is 2.24. The van der Waals surface area contributed by atoms with Crippen molar-refractivity contribution in [3.8, 4) is 34.0 Å². The third-order valence-corrected chi connectivity index (χ3v) is 11.1. The molecule has 0 radical (unpaired) electrons. The van der Waals surface area contributed by atoms with E-state index >= 15 is 0 Å². The molecule has 0 spiro atoms. The van der Waals surface area contributed by atoms with Gasteiger partial charge in [-0.3, -0.25) is 4.57 Å². The lowest BCUT2D eigenvalue weighted by Gasteiger charge is -2.11. The lowest BCUT2D eigenvalue weighted by molar-refractivity contribution is 0.667. The Morgan fingerprint density at radius 1 is 0.400 bits per heavy atom. The molecule has 0 bridgehead atoms. The molecular formula is C50H30N4O. The van der Waals surface area contributed by atoms with Crippen LogP contribution in [0.25, 0.3) is 110 Å². The molecule has 0 saturated heterocycles. The Morgan fingerprint density at radius 3 is 1.80 bits per heavy atom. The van der Waals surface area contributed by atoms with Crippen molar-refractivity contribution in [1.82, 2.24) is 19.1 Å². The van der Waals surface area contributed by atoms with Gasteiger partial charge in [-0.15, -0.1) is 0 Å². The molecule has 4 aromatic heterocycles. The third-order valence-electron chi connectivity index (χ3n) is 11.1. The van der Waals surface area contributed by atoms with Crippen molar-refractivity contribution in [2.45, 2.75) is 0 Å². The van der Waals surface area contributed by atoms with Gasteiger partial charge >= 0.3 is 0 Å². The van der Waals surface area contributed by atoms with E-state index < -0.39 is 0 Å². The first-order valence-electron chi connectivity index (χ1n) is 18.6. The summed E-state index contributed by atoms with van der Waals surface area (Å²) in [6.45, 7) is 0. The highest BCUT2D eigenvalue weighted by atomic mass is 16.3. The molecule has 0 N–H and O–H groups in total. The van der Waals surface area contributed by atoms with Crippen LogP contribution < -0.4 is 0 Å². The molecule has 55 heavy (non-hydrogen) atoms. The van der Waals surface area contributed by atoms with Crippen LogP contribution in [0.4, 0.5) is 0 Å². The van der Waals surface area contributed by atoms with Crippen molar-refractivity contribution in [3.63, 3.8) is 0 Å². The van der Waals surface area contributed by atoms with Crippen LogP contribution in [-0.2, 0) is 0 Å². The molecule has 8 aromatic carbocycles. The quantitative estimate of drug-likeness (QED) is 0.183. The molecule has 0 amide bonds. The fourth-order valence-corrected chi connectivity index (χ4v) is 8.67. The number of nitrogens with zero attached hydrogens (tertiary/aromatic N) is 4. The maximum Gasteiger partial charge on any atom is 0.236 e. The molecule has 0 aliphatic rings. The van der Waals surface area contributed by atoms with Gasteiger partial charge in [-0.25, -0.2) is 9.97 Å². The van der Waals surface area contributed by atoms with Gasteiger partial charge in [0.1, 0.15) is 16.8 Å². The normalized spacial score (nSPS) is 12.0. The number of hydrogen-bond donors (Lipinski definition) is 0. The number of hydrogen-bond acceptors (Lipinski definition) is 3. The van der Waals surface area contributed by atoms with Gasteiger partial charge < -0.3 is 8.98 Å². The predicted octanol–water partition coefficient (Wildman–Crippen LogP) is 13.1. The van der Waals surface area contributed by atoms with Crippen LogP contribution in [-0.4, -0.2) is 19.1 Å². The van der Waals surface area contributed by atoms with Gasteiger partial charge in [0.05, 0.1) is 27.5 Å². The standard InChI is InChI=1S/C50H30N4O/c1-3-14-31(15-4-1)33-17-13-18-34(28-33)47-49-48(46-36-21-8-7-16-32(36)26-27-45(46)55-49)52-50(51-47)54-42-25-12-10-23-38(42)40-29-39-37-22-9-11-24-41(37)53(43(39)30-44(40)54)35-19-5-2-6-20-35/h1-30H. The zero-order valence-electron chi connectivity index (χ0n) is 29.5. The van der Waals surface area contributed by atoms with Crippen molar-refractivity contribution in [2.75, 3.05) is 0 Å². The van der Waals surface area contributed by atoms with Gasteiger partial charge in [0.2, 0.25) is 5.95 Å². The van der Waals surface area contributed by atoms with Gasteiger partial charge in [-0.2, -0.15) is 0 Å². The molecule has 256 valence electrons. The Labute approximate surface area is 315 Å². The Kier molecular flexibility index (Phi) is 6.27. The van der Waals surface area contributed by atoms with Crippen LogP contribution in [0.2, 0.25) is 0 Å². The van der Waals surface area contributed by atoms with Crippen LogP contribution in [0.1, 0.15) is 0 Å². The highest BCUT2D eigenvalue weighted by molar-refractivity contribution is 6.21. The minimum Gasteiger partial charge on any atom is -0.452 e. The molecule has 0 saturated carbocycles. The molecular weight excluding hydrogens is 673 g/mol. The zero-order chi connectivity index (χ0) is 36.0. The monoisotopic (exact) mass is 702 g/mol. The summed E-state index contributed by atoms with van der Waals surface area (Å²) in [6, 6.07) is 64.2. The third kappa shape index (κ3) is 4.41. The largest absolute Gasteiger partial charge is 0.452 e. The first-order valence-corrected chi connectivity index (χ1v) is 18.6. The second-order valence-electron chi connectivity index (χ2n) is 14.2. The summed E-state index contributed by atoms with van der Waals surface area (Å²) in [5, 5.41) is 7.95. The van der Waals surface area contributed by atoms with E-state index in [2.05, 4.69) is 185 Å². The fourth-order valence-electron chi connectivity index (χ4n) is 8.67. The second-order valence-corrected chi connectivity index (χ2v) is 14.2. The Balaban J connectivity index is 1.22. The molecule has 4 heterocycles. The number of rotatable bonds is 4. The summed E-state index contributed by atoms with van der Waals surface area (Å²) < 4.78 is 11.4. The summed E-state index contributed by atoms with van der Waals surface area (Å²) in [7, 11) is 0. The SMILES string of the molecule is c1ccc(-c2cccc(-c3nc(-n4c5ccccc5c5cc6c7ccccc7n(-c7ccccc7)c6cc54)nc4c3oc3ccc5ccccc5c34)c2)cc1. The fraction of sp³-hybridized carbons (Fsp3) is 0. The van der Waals surface area contributed by atoms with E-state index in [1.807, 2.05) is 6.07 Å². The van der Waals surface area contributed by atoms with E-state index in [9.17, 15) is 0 Å². The zero-order valence-corrected chi connectivity index (χ0v) is 29.5. The first kappa shape index (κ1) is 30.0. The van der Waals surface area contributed by atoms with Crippen molar-refractivity contribution in [3.05, 3.63) is 182 Å². The van der Waals surface area contributed by atoms with E-state index in [0.29, 0.717) is 11.5 Å². The van der Waals surface area contributed by atoms with E-state index in [1.54, 1.807) is 0 Å². The molecule has 0 fully saturated rings. The minimum atomic E-state index is 0.594. The summed E-state index contributed by atoms with van der Waals surface area (Å²) >= 11 is 0. The molecule has 5 nitrogen and oxygen atoms in total. The van der Waals surface area contributed by atoms with Gasteiger partial charge in [0.25, 0.3) is 0 Å². The van der Waals surface area contributed by atoms with Crippen LogP contribution in [0.15, 0.2) is 186 Å². The molecule has 0 aliphatic heterocycles. The van der Waals surface area contributed by atoms with Crippen molar-refractivity contribution in [1.29, 1.82) is 0 Å². The van der Waals surface area contributed by atoms with E-state index in [1.165, 1.54) is 16.3 Å². The van der Waals surface area contributed by atoms with Gasteiger partial charge in [-0.05, 0) is 70.4 Å². The number of furan rings is 1. The maximum atomic E-state index is 6.76. The number of fused-ring (bicyclic) bond motifs is 11. The number of aromatic nitrogens is 4. The average molecular weight is 703 g/mol. The summed E-state index contributed by atoms with van der Waals surface area (Å²) in [6.07, 6.45) is 0. The highest BCUT2D eigenvalue weighted by Crippen LogP contribution is 2.42. The summed E-state index contributed by atoms with van der Waals surface area (Å²) in [5.41, 5.74) is 11.7. The van der Waals surface area contributed by atoms with Crippen LogP contribution in [0.5, 0.6) is 0 Å². The molecule has 12 rings (SSSR count). The van der Waals surface area contributed by atoms with Crippen LogP contribution >= 0.6 is 0 Å². The molecule has 0 aliphatic carbocycles. The lowest BCUT2D eigenvalue weighted by atomic mass is 10.0. The average Bonchev–Trinajstić information content (AvgIpc) is 3.91. The van der Waals surface area contributed by atoms with Crippen molar-refractivity contribution in [2.24, 2.45) is 0 Å². The molecule has 5 heteroatoms. The molecule has 0 atom stereocenters. The van der Waals surface area contributed by atoms with E-state index in [-0.39, 0.29) is 0 Å². The maximum absolute atomic E-state index is 6.76. The smallest absolute Gasteiger partial charge is 0.236 e. The summed E-state index contributed by atoms with van der Waals surface area (Å²) in [4.78, 5) is 11.0. The number of benzene rings is 8. The topological polar surface area (TPSA) is 48.8 Å². The summed E-state index contributed by atoms with van der Waals surface area (Å²) in [5.74, 6) is 0.594. The van der Waals surface area contributed by atoms with Crippen molar-refractivity contribution >= 4 is 76.5 Å². The first-order chi connectivity index (χ1) is 27.3.